The van der Waals surface area contributed by atoms with Gasteiger partial charge in [0.1, 0.15) is 0 Å². The molecule has 0 spiro atoms. The van der Waals surface area contributed by atoms with Crippen LogP contribution >= 0.6 is 0 Å². The lowest BCUT2D eigenvalue weighted by Crippen LogP contribution is -2.32. The molecule has 0 bridgehead atoms. The number of fused-ring (bicyclic) bond motifs is 1. The van der Waals surface area contributed by atoms with Gasteiger partial charge in [0.2, 0.25) is 0 Å². The first-order valence-corrected chi connectivity index (χ1v) is 7.93. The zero-order valence-electron chi connectivity index (χ0n) is 12.9. The van der Waals surface area contributed by atoms with Gasteiger partial charge in [0.15, 0.2) is 0 Å². The molecule has 3 nitrogen and oxygen atoms in total. The second-order valence-electron chi connectivity index (χ2n) is 5.73. The first-order chi connectivity index (χ1) is 9.72. The molecule has 3 heteroatoms. The molecule has 0 fully saturated rings. The lowest BCUT2D eigenvalue weighted by atomic mass is 9.97. The third-order valence-corrected chi connectivity index (χ3v) is 3.99. The predicted molar refractivity (Wildman–Crippen MR) is 85.3 cm³/mol. The average Bonchev–Trinajstić information content (AvgIpc) is 2.46. The van der Waals surface area contributed by atoms with E-state index in [4.69, 9.17) is 10.5 Å². The SMILES string of the molecule is CCCCOCCN1CCCc2cc(C(C)N)ccc21. The maximum absolute atomic E-state index is 5.97. The first-order valence-electron chi connectivity index (χ1n) is 7.93. The molecule has 2 N–H and O–H groups in total. The molecule has 112 valence electrons. The van der Waals surface area contributed by atoms with Gasteiger partial charge < -0.3 is 15.4 Å². The van der Waals surface area contributed by atoms with Crippen molar-refractivity contribution in [2.24, 2.45) is 5.73 Å². The number of benzene rings is 1. The van der Waals surface area contributed by atoms with Crippen LogP contribution in [0.25, 0.3) is 0 Å². The zero-order valence-corrected chi connectivity index (χ0v) is 12.9. The van der Waals surface area contributed by atoms with Crippen molar-refractivity contribution < 1.29 is 4.74 Å². The van der Waals surface area contributed by atoms with Crippen LogP contribution in [0.4, 0.5) is 5.69 Å². The fourth-order valence-electron chi connectivity index (χ4n) is 2.73. The molecule has 0 radical (unpaired) electrons. The summed E-state index contributed by atoms with van der Waals surface area (Å²) in [5.74, 6) is 0. The summed E-state index contributed by atoms with van der Waals surface area (Å²) < 4.78 is 5.69. The molecule has 1 aromatic rings. The van der Waals surface area contributed by atoms with Crippen LogP contribution in [0.1, 0.15) is 50.3 Å². The van der Waals surface area contributed by atoms with Crippen LogP contribution in [-0.4, -0.2) is 26.3 Å². The molecule has 1 aliphatic rings. The number of nitrogens with two attached hydrogens (primary N) is 1. The van der Waals surface area contributed by atoms with E-state index in [9.17, 15) is 0 Å². The van der Waals surface area contributed by atoms with E-state index in [1.54, 1.807) is 0 Å². The van der Waals surface area contributed by atoms with Crippen molar-refractivity contribution in [2.45, 2.75) is 45.6 Å². The molecule has 0 aliphatic carbocycles. The molecular weight excluding hydrogens is 248 g/mol. The highest BCUT2D eigenvalue weighted by molar-refractivity contribution is 5.57. The second-order valence-corrected chi connectivity index (χ2v) is 5.73. The maximum atomic E-state index is 5.97. The van der Waals surface area contributed by atoms with Crippen molar-refractivity contribution in [3.05, 3.63) is 29.3 Å². The molecule has 2 rings (SSSR count). The van der Waals surface area contributed by atoms with Gasteiger partial charge in [-0.15, -0.1) is 0 Å². The summed E-state index contributed by atoms with van der Waals surface area (Å²) in [4.78, 5) is 2.45. The number of aryl methyl sites for hydroxylation is 1. The summed E-state index contributed by atoms with van der Waals surface area (Å²) >= 11 is 0. The van der Waals surface area contributed by atoms with Crippen molar-refractivity contribution in [3.8, 4) is 0 Å². The summed E-state index contributed by atoms with van der Waals surface area (Å²) in [5, 5.41) is 0. The number of rotatable bonds is 7. The Kier molecular flexibility index (Phi) is 5.86. The number of anilines is 1. The molecule has 1 unspecified atom stereocenters. The van der Waals surface area contributed by atoms with Gasteiger partial charge >= 0.3 is 0 Å². The van der Waals surface area contributed by atoms with Crippen molar-refractivity contribution in [1.29, 1.82) is 0 Å². The highest BCUT2D eigenvalue weighted by Gasteiger charge is 2.17. The lowest BCUT2D eigenvalue weighted by Gasteiger charge is -2.32. The largest absolute Gasteiger partial charge is 0.380 e. The summed E-state index contributed by atoms with van der Waals surface area (Å²) in [7, 11) is 0. The van der Waals surface area contributed by atoms with Gasteiger partial charge in [-0.3, -0.25) is 0 Å². The van der Waals surface area contributed by atoms with Crippen molar-refractivity contribution in [3.63, 3.8) is 0 Å². The molecule has 0 saturated carbocycles. The van der Waals surface area contributed by atoms with Crippen molar-refractivity contribution in [2.75, 3.05) is 31.2 Å². The van der Waals surface area contributed by atoms with Gasteiger partial charge in [-0.25, -0.2) is 0 Å². The number of hydrogen-bond donors (Lipinski definition) is 1. The minimum absolute atomic E-state index is 0.119. The minimum Gasteiger partial charge on any atom is -0.380 e. The van der Waals surface area contributed by atoms with E-state index in [1.165, 1.54) is 36.1 Å². The molecule has 1 heterocycles. The van der Waals surface area contributed by atoms with E-state index >= 15 is 0 Å². The van der Waals surface area contributed by atoms with Crippen LogP contribution < -0.4 is 10.6 Å². The van der Waals surface area contributed by atoms with Crippen LogP contribution in [0, 0.1) is 0 Å². The smallest absolute Gasteiger partial charge is 0.0641 e. The van der Waals surface area contributed by atoms with Gasteiger partial charge in [-0.2, -0.15) is 0 Å². The molecule has 1 aromatic carbocycles. The van der Waals surface area contributed by atoms with Gasteiger partial charge in [-0.1, -0.05) is 25.5 Å². The Morgan fingerprint density at radius 1 is 1.35 bits per heavy atom. The Morgan fingerprint density at radius 2 is 2.20 bits per heavy atom. The Balaban J connectivity index is 1.94. The van der Waals surface area contributed by atoms with Crippen LogP contribution in [0.2, 0.25) is 0 Å². The van der Waals surface area contributed by atoms with Crippen LogP contribution in [0.15, 0.2) is 18.2 Å². The van der Waals surface area contributed by atoms with Gasteiger partial charge in [-0.05, 0) is 43.4 Å². The highest BCUT2D eigenvalue weighted by Crippen LogP contribution is 2.29. The quantitative estimate of drug-likeness (QED) is 0.777. The van der Waals surface area contributed by atoms with E-state index < -0.39 is 0 Å². The van der Waals surface area contributed by atoms with Crippen LogP contribution in [0.5, 0.6) is 0 Å². The Bertz CT molecular complexity index is 417. The molecular formula is C17H28N2O. The zero-order chi connectivity index (χ0) is 14.4. The maximum Gasteiger partial charge on any atom is 0.0641 e. The normalized spacial score (nSPS) is 16.1. The van der Waals surface area contributed by atoms with Gasteiger partial charge in [0.25, 0.3) is 0 Å². The number of hydrogen-bond acceptors (Lipinski definition) is 3. The molecule has 0 amide bonds. The van der Waals surface area contributed by atoms with Gasteiger partial charge in [0.05, 0.1) is 6.61 Å². The standard InChI is InChI=1S/C17H28N2O/c1-3-4-11-20-12-10-19-9-5-6-16-13-15(14(2)18)7-8-17(16)19/h7-8,13-14H,3-6,9-12,18H2,1-2H3. The minimum atomic E-state index is 0.119. The monoisotopic (exact) mass is 276 g/mol. The Morgan fingerprint density at radius 3 is 2.95 bits per heavy atom. The summed E-state index contributed by atoms with van der Waals surface area (Å²) in [5.41, 5.74) is 10.0. The summed E-state index contributed by atoms with van der Waals surface area (Å²) in [6.45, 7) is 8.09. The topological polar surface area (TPSA) is 38.5 Å². The third-order valence-electron chi connectivity index (χ3n) is 3.99. The predicted octanol–water partition coefficient (Wildman–Crippen LogP) is 3.28. The van der Waals surface area contributed by atoms with Gasteiger partial charge in [0, 0.05) is 31.4 Å². The van der Waals surface area contributed by atoms with Crippen molar-refractivity contribution >= 4 is 5.69 Å². The molecule has 0 aromatic heterocycles. The Hall–Kier alpha value is -1.06. The van der Waals surface area contributed by atoms with E-state index in [-0.39, 0.29) is 6.04 Å². The third kappa shape index (κ3) is 3.97. The van der Waals surface area contributed by atoms with E-state index in [0.29, 0.717) is 0 Å². The molecule has 1 aliphatic heterocycles. The first kappa shape index (κ1) is 15.3. The highest BCUT2D eigenvalue weighted by atomic mass is 16.5. The fraction of sp³-hybridized carbons (Fsp3) is 0.647. The number of nitrogens with zero attached hydrogens (tertiary/aromatic N) is 1. The summed E-state index contributed by atoms with van der Waals surface area (Å²) in [6.07, 6.45) is 4.76. The second kappa shape index (κ2) is 7.65. The van der Waals surface area contributed by atoms with Crippen LogP contribution in [0.3, 0.4) is 0 Å². The van der Waals surface area contributed by atoms with Crippen LogP contribution in [-0.2, 0) is 11.2 Å². The fourth-order valence-corrected chi connectivity index (χ4v) is 2.73. The van der Waals surface area contributed by atoms with E-state index in [1.807, 2.05) is 6.92 Å². The lowest BCUT2D eigenvalue weighted by molar-refractivity contribution is 0.137. The van der Waals surface area contributed by atoms with E-state index in [0.717, 1.165) is 32.7 Å². The Labute approximate surface area is 123 Å². The number of ether oxygens (including phenoxy) is 1. The molecule has 0 saturated heterocycles. The molecule has 20 heavy (non-hydrogen) atoms. The summed E-state index contributed by atoms with van der Waals surface area (Å²) in [6, 6.07) is 6.80. The van der Waals surface area contributed by atoms with Crippen molar-refractivity contribution in [1.82, 2.24) is 0 Å². The average molecular weight is 276 g/mol. The number of unbranched alkanes of at least 4 members (excludes halogenated alkanes) is 1. The molecule has 1 atom stereocenters. The van der Waals surface area contributed by atoms with E-state index in [2.05, 4.69) is 30.0 Å².